The highest BCUT2D eigenvalue weighted by Crippen LogP contribution is 2.40. The molecule has 0 saturated carbocycles. The molecule has 32 heavy (non-hydrogen) atoms. The van der Waals surface area contributed by atoms with Gasteiger partial charge in [-0.15, -0.1) is 0 Å². The van der Waals surface area contributed by atoms with Crippen molar-refractivity contribution in [2.24, 2.45) is 0 Å². The summed E-state index contributed by atoms with van der Waals surface area (Å²) < 4.78 is 19.6. The normalized spacial score (nSPS) is 15.3. The molecule has 4 heteroatoms. The van der Waals surface area contributed by atoms with Crippen LogP contribution in [0, 0.1) is 5.82 Å². The van der Waals surface area contributed by atoms with Crippen molar-refractivity contribution in [2.75, 3.05) is 11.4 Å². The molecular formula is C28H24FNO2. The van der Waals surface area contributed by atoms with E-state index >= 15 is 0 Å². The number of rotatable bonds is 5. The van der Waals surface area contributed by atoms with Crippen LogP contribution in [-0.2, 0) is 13.0 Å². The lowest BCUT2D eigenvalue weighted by molar-refractivity contribution is 0.305. The van der Waals surface area contributed by atoms with E-state index in [1.165, 1.54) is 23.3 Å². The monoisotopic (exact) mass is 425 g/mol. The highest BCUT2D eigenvalue weighted by Gasteiger charge is 2.29. The minimum atomic E-state index is -0.243. The Morgan fingerprint density at radius 1 is 0.875 bits per heavy atom. The number of ether oxygens (including phenoxy) is 1. The van der Waals surface area contributed by atoms with Crippen molar-refractivity contribution >= 4 is 5.69 Å². The third kappa shape index (κ3) is 4.17. The minimum Gasteiger partial charge on any atom is -0.508 e. The summed E-state index contributed by atoms with van der Waals surface area (Å²) in [4.78, 5) is 2.29. The number of halogens is 1. The van der Waals surface area contributed by atoms with Gasteiger partial charge in [-0.3, -0.25) is 0 Å². The standard InChI is InChI=1S/C28H24FNO2/c29-23-8-10-24(11-9-23)30-17-16-22-18-26(32-19-20-4-2-1-3-5-20)14-15-27(22)28(30)21-6-12-25(31)13-7-21/h1-15,18,28,31H,16-17,19H2. The SMILES string of the molecule is Oc1ccc(C2c3ccc(OCc4ccccc4)cc3CCN2c2ccc(F)cc2)cc1. The Labute approximate surface area is 187 Å². The van der Waals surface area contributed by atoms with Gasteiger partial charge in [0.1, 0.15) is 23.9 Å². The van der Waals surface area contributed by atoms with Crippen LogP contribution < -0.4 is 9.64 Å². The zero-order chi connectivity index (χ0) is 21.9. The largest absolute Gasteiger partial charge is 0.508 e. The van der Waals surface area contributed by atoms with Crippen LogP contribution in [0.2, 0.25) is 0 Å². The molecule has 0 aromatic heterocycles. The summed E-state index contributed by atoms with van der Waals surface area (Å²) in [7, 11) is 0. The van der Waals surface area contributed by atoms with Crippen LogP contribution in [0.4, 0.5) is 10.1 Å². The molecule has 1 unspecified atom stereocenters. The third-order valence-corrected chi connectivity index (χ3v) is 5.96. The maximum absolute atomic E-state index is 13.5. The Kier molecular flexibility index (Phi) is 5.51. The Hall–Kier alpha value is -3.79. The minimum absolute atomic E-state index is 0.0343. The maximum Gasteiger partial charge on any atom is 0.123 e. The summed E-state index contributed by atoms with van der Waals surface area (Å²) in [6.45, 7) is 1.33. The molecule has 1 atom stereocenters. The fourth-order valence-electron chi connectivity index (χ4n) is 4.36. The predicted molar refractivity (Wildman–Crippen MR) is 125 cm³/mol. The van der Waals surface area contributed by atoms with E-state index in [0.29, 0.717) is 6.61 Å². The van der Waals surface area contributed by atoms with Gasteiger partial charge in [0.25, 0.3) is 0 Å². The number of hydrogen-bond donors (Lipinski definition) is 1. The first kappa shape index (κ1) is 20.1. The van der Waals surface area contributed by atoms with Gasteiger partial charge in [0.15, 0.2) is 0 Å². The fourth-order valence-corrected chi connectivity index (χ4v) is 4.36. The molecule has 0 radical (unpaired) electrons. The molecule has 4 aromatic carbocycles. The molecule has 0 spiro atoms. The van der Waals surface area contributed by atoms with E-state index in [2.05, 4.69) is 29.2 Å². The number of fused-ring (bicyclic) bond motifs is 1. The topological polar surface area (TPSA) is 32.7 Å². The number of phenolic OH excluding ortho intramolecular Hbond substituents is 1. The molecule has 4 aromatic rings. The molecule has 0 amide bonds. The van der Waals surface area contributed by atoms with Crippen LogP contribution in [0.25, 0.3) is 0 Å². The highest BCUT2D eigenvalue weighted by atomic mass is 19.1. The number of hydrogen-bond acceptors (Lipinski definition) is 3. The smallest absolute Gasteiger partial charge is 0.123 e. The van der Waals surface area contributed by atoms with Crippen LogP contribution in [-0.4, -0.2) is 11.7 Å². The zero-order valence-corrected chi connectivity index (χ0v) is 17.6. The second-order valence-corrected chi connectivity index (χ2v) is 8.05. The number of benzene rings is 4. The number of nitrogens with zero attached hydrogens (tertiary/aromatic N) is 1. The molecule has 5 rings (SSSR count). The lowest BCUT2D eigenvalue weighted by atomic mass is 9.87. The van der Waals surface area contributed by atoms with Crippen molar-refractivity contribution in [3.8, 4) is 11.5 Å². The molecule has 0 saturated heterocycles. The molecule has 0 fully saturated rings. The first-order chi connectivity index (χ1) is 15.7. The van der Waals surface area contributed by atoms with Crippen LogP contribution in [0.5, 0.6) is 11.5 Å². The van der Waals surface area contributed by atoms with E-state index in [-0.39, 0.29) is 17.6 Å². The van der Waals surface area contributed by atoms with Gasteiger partial charge in [0.05, 0.1) is 6.04 Å². The van der Waals surface area contributed by atoms with Crippen molar-refractivity contribution in [3.63, 3.8) is 0 Å². The Morgan fingerprint density at radius 3 is 2.38 bits per heavy atom. The summed E-state index contributed by atoms with van der Waals surface area (Å²) >= 11 is 0. The van der Waals surface area contributed by atoms with E-state index in [0.717, 1.165) is 35.5 Å². The predicted octanol–water partition coefficient (Wildman–Crippen LogP) is 6.26. The molecule has 0 bridgehead atoms. The Balaban J connectivity index is 1.48. The number of phenols is 1. The first-order valence-corrected chi connectivity index (χ1v) is 10.8. The van der Waals surface area contributed by atoms with E-state index in [4.69, 9.17) is 4.74 Å². The first-order valence-electron chi connectivity index (χ1n) is 10.8. The second-order valence-electron chi connectivity index (χ2n) is 8.05. The van der Waals surface area contributed by atoms with Crippen LogP contribution in [0.3, 0.4) is 0 Å². The van der Waals surface area contributed by atoms with Gasteiger partial charge < -0.3 is 14.7 Å². The highest BCUT2D eigenvalue weighted by molar-refractivity contribution is 5.57. The van der Waals surface area contributed by atoms with E-state index < -0.39 is 0 Å². The number of aromatic hydroxyl groups is 1. The summed E-state index contributed by atoms with van der Waals surface area (Å²) in [6.07, 6.45) is 0.865. The molecule has 160 valence electrons. The lowest BCUT2D eigenvalue weighted by Gasteiger charge is -2.39. The average Bonchev–Trinajstić information content (AvgIpc) is 2.84. The van der Waals surface area contributed by atoms with E-state index in [1.807, 2.05) is 48.5 Å². The molecule has 1 aliphatic rings. The van der Waals surface area contributed by atoms with Gasteiger partial charge in [-0.2, -0.15) is 0 Å². The Morgan fingerprint density at radius 2 is 1.62 bits per heavy atom. The van der Waals surface area contributed by atoms with Gasteiger partial charge in [-0.1, -0.05) is 48.5 Å². The van der Waals surface area contributed by atoms with Gasteiger partial charge in [0.2, 0.25) is 0 Å². The molecule has 0 aliphatic carbocycles. The van der Waals surface area contributed by atoms with Crippen molar-refractivity contribution in [1.29, 1.82) is 0 Å². The average molecular weight is 426 g/mol. The summed E-state index contributed by atoms with van der Waals surface area (Å²) in [5.41, 5.74) is 5.62. The summed E-state index contributed by atoms with van der Waals surface area (Å²) in [6, 6.07) is 30.3. The third-order valence-electron chi connectivity index (χ3n) is 5.96. The zero-order valence-electron chi connectivity index (χ0n) is 17.6. The van der Waals surface area contributed by atoms with Crippen molar-refractivity contribution < 1.29 is 14.2 Å². The van der Waals surface area contributed by atoms with Gasteiger partial charge >= 0.3 is 0 Å². The fraction of sp³-hybridized carbons (Fsp3) is 0.143. The van der Waals surface area contributed by atoms with Gasteiger partial charge in [0, 0.05) is 12.2 Å². The van der Waals surface area contributed by atoms with Crippen LogP contribution >= 0.6 is 0 Å². The summed E-state index contributed by atoms with van der Waals surface area (Å²) in [5, 5.41) is 9.78. The van der Waals surface area contributed by atoms with Crippen LogP contribution in [0.1, 0.15) is 28.3 Å². The van der Waals surface area contributed by atoms with Gasteiger partial charge in [-0.25, -0.2) is 4.39 Å². The molecule has 1 heterocycles. The van der Waals surface area contributed by atoms with Crippen molar-refractivity contribution in [3.05, 3.63) is 125 Å². The van der Waals surface area contributed by atoms with E-state index in [9.17, 15) is 9.50 Å². The molecule has 3 nitrogen and oxygen atoms in total. The molecule has 1 N–H and O–H groups in total. The molecule has 1 aliphatic heterocycles. The van der Waals surface area contributed by atoms with E-state index in [1.54, 1.807) is 12.1 Å². The quantitative estimate of drug-likeness (QED) is 0.409. The summed E-state index contributed by atoms with van der Waals surface area (Å²) in [5.74, 6) is 0.850. The number of anilines is 1. The van der Waals surface area contributed by atoms with Crippen LogP contribution in [0.15, 0.2) is 97.1 Å². The van der Waals surface area contributed by atoms with Crippen molar-refractivity contribution in [2.45, 2.75) is 19.1 Å². The Bertz CT molecular complexity index is 1190. The maximum atomic E-state index is 13.5. The van der Waals surface area contributed by atoms with Crippen molar-refractivity contribution in [1.82, 2.24) is 0 Å². The second kappa shape index (κ2) is 8.75. The molecular weight excluding hydrogens is 401 g/mol. The van der Waals surface area contributed by atoms with Gasteiger partial charge in [-0.05, 0) is 77.2 Å². The lowest BCUT2D eigenvalue weighted by Crippen LogP contribution is -2.36.